The Morgan fingerprint density at radius 3 is 2.53 bits per heavy atom. The maximum Gasteiger partial charge on any atom is 0.124 e. The molecule has 0 radical (unpaired) electrons. The van der Waals surface area contributed by atoms with Crippen LogP contribution in [0.5, 0.6) is 5.75 Å². The second-order valence-electron chi connectivity index (χ2n) is 3.78. The second-order valence-corrected chi connectivity index (χ2v) is 3.78. The minimum Gasteiger partial charge on any atom is -0.491 e. The summed E-state index contributed by atoms with van der Waals surface area (Å²) in [5.41, 5.74) is 6.87. The van der Waals surface area contributed by atoms with E-state index in [0.717, 1.165) is 11.3 Å². The molecule has 0 aliphatic rings. The molecule has 1 atom stereocenters. The van der Waals surface area contributed by atoms with Crippen LogP contribution in [0.1, 0.15) is 18.5 Å². The lowest BCUT2D eigenvalue weighted by atomic mass is 10.1. The molecular formula is C13H21NO3. The zero-order valence-electron chi connectivity index (χ0n) is 10.5. The van der Waals surface area contributed by atoms with Crippen molar-refractivity contribution >= 4 is 0 Å². The van der Waals surface area contributed by atoms with Gasteiger partial charge in [0.1, 0.15) is 12.4 Å². The summed E-state index contributed by atoms with van der Waals surface area (Å²) in [7, 11) is 1.65. The minimum atomic E-state index is -0.0272. The molecule has 0 amide bonds. The summed E-state index contributed by atoms with van der Waals surface area (Å²) in [5, 5.41) is 0. The highest BCUT2D eigenvalue weighted by Gasteiger charge is 2.06. The Hall–Kier alpha value is -1.10. The Morgan fingerprint density at radius 2 is 1.82 bits per heavy atom. The first kappa shape index (κ1) is 14.0. The molecule has 0 aliphatic carbocycles. The van der Waals surface area contributed by atoms with Gasteiger partial charge in [-0.25, -0.2) is 0 Å². The number of ether oxygens (including phenoxy) is 3. The SMILES string of the molecule is COCCOCCOc1ccccc1[C@H](C)N. The van der Waals surface area contributed by atoms with E-state index in [4.69, 9.17) is 19.9 Å². The molecule has 1 rings (SSSR count). The smallest absolute Gasteiger partial charge is 0.124 e. The van der Waals surface area contributed by atoms with Crippen LogP contribution in [0.2, 0.25) is 0 Å². The summed E-state index contributed by atoms with van der Waals surface area (Å²) in [6, 6.07) is 7.77. The summed E-state index contributed by atoms with van der Waals surface area (Å²) in [6.07, 6.45) is 0. The summed E-state index contributed by atoms with van der Waals surface area (Å²) < 4.78 is 15.8. The minimum absolute atomic E-state index is 0.0272. The van der Waals surface area contributed by atoms with E-state index in [-0.39, 0.29) is 6.04 Å². The standard InChI is InChI=1S/C13H21NO3/c1-11(14)12-5-3-4-6-13(12)17-10-9-16-8-7-15-2/h3-6,11H,7-10,14H2,1-2H3/t11-/m0/s1. The first-order valence-electron chi connectivity index (χ1n) is 5.79. The van der Waals surface area contributed by atoms with Crippen LogP contribution in [0.3, 0.4) is 0 Å². The summed E-state index contributed by atoms with van der Waals surface area (Å²) >= 11 is 0. The molecule has 0 unspecified atom stereocenters. The van der Waals surface area contributed by atoms with Crippen molar-refractivity contribution < 1.29 is 14.2 Å². The second kappa shape index (κ2) is 8.06. The molecule has 0 fully saturated rings. The third-order valence-electron chi connectivity index (χ3n) is 2.33. The monoisotopic (exact) mass is 239 g/mol. The van der Waals surface area contributed by atoms with Gasteiger partial charge in [0.05, 0.1) is 19.8 Å². The van der Waals surface area contributed by atoms with Crippen LogP contribution in [0.25, 0.3) is 0 Å². The summed E-state index contributed by atoms with van der Waals surface area (Å²) in [5.74, 6) is 0.831. The number of methoxy groups -OCH3 is 1. The fourth-order valence-corrected chi connectivity index (χ4v) is 1.44. The molecule has 0 aromatic heterocycles. The van der Waals surface area contributed by atoms with Crippen LogP contribution in [0.15, 0.2) is 24.3 Å². The molecule has 1 aromatic rings. The van der Waals surface area contributed by atoms with Gasteiger partial charge in [-0.3, -0.25) is 0 Å². The zero-order chi connectivity index (χ0) is 12.5. The number of benzene rings is 1. The van der Waals surface area contributed by atoms with Gasteiger partial charge in [0.2, 0.25) is 0 Å². The van der Waals surface area contributed by atoms with Crippen molar-refractivity contribution in [2.24, 2.45) is 5.73 Å². The maximum atomic E-state index is 5.86. The van der Waals surface area contributed by atoms with E-state index in [9.17, 15) is 0 Å². The van der Waals surface area contributed by atoms with E-state index < -0.39 is 0 Å². The molecule has 0 spiro atoms. The molecule has 4 nitrogen and oxygen atoms in total. The Kier molecular flexibility index (Phi) is 6.62. The van der Waals surface area contributed by atoms with Crippen LogP contribution in [-0.4, -0.2) is 33.5 Å². The predicted molar refractivity (Wildman–Crippen MR) is 67.2 cm³/mol. The van der Waals surface area contributed by atoms with Crippen molar-refractivity contribution in [2.45, 2.75) is 13.0 Å². The van der Waals surface area contributed by atoms with Crippen molar-refractivity contribution in [1.82, 2.24) is 0 Å². The lowest BCUT2D eigenvalue weighted by molar-refractivity contribution is 0.0542. The third-order valence-corrected chi connectivity index (χ3v) is 2.33. The molecule has 4 heteroatoms. The van der Waals surface area contributed by atoms with Gasteiger partial charge in [0.25, 0.3) is 0 Å². The normalized spacial score (nSPS) is 12.4. The number of hydrogen-bond acceptors (Lipinski definition) is 4. The molecule has 17 heavy (non-hydrogen) atoms. The lowest BCUT2D eigenvalue weighted by Crippen LogP contribution is -2.12. The Bertz CT molecular complexity index is 315. The highest BCUT2D eigenvalue weighted by atomic mass is 16.5. The molecule has 0 saturated heterocycles. The Labute approximate surface area is 103 Å². The first-order valence-corrected chi connectivity index (χ1v) is 5.79. The first-order chi connectivity index (χ1) is 8.25. The van der Waals surface area contributed by atoms with Crippen LogP contribution >= 0.6 is 0 Å². The topological polar surface area (TPSA) is 53.7 Å². The largest absolute Gasteiger partial charge is 0.491 e. The van der Waals surface area contributed by atoms with Gasteiger partial charge in [0, 0.05) is 18.7 Å². The van der Waals surface area contributed by atoms with Gasteiger partial charge in [-0.1, -0.05) is 18.2 Å². The summed E-state index contributed by atoms with van der Waals surface area (Å²) in [4.78, 5) is 0. The Balaban J connectivity index is 2.31. The van der Waals surface area contributed by atoms with Gasteiger partial charge < -0.3 is 19.9 Å². The maximum absolute atomic E-state index is 5.86. The number of hydrogen-bond donors (Lipinski definition) is 1. The van der Waals surface area contributed by atoms with Gasteiger partial charge in [-0.05, 0) is 13.0 Å². The van der Waals surface area contributed by atoms with Crippen molar-refractivity contribution in [3.63, 3.8) is 0 Å². The van der Waals surface area contributed by atoms with Gasteiger partial charge in [0.15, 0.2) is 0 Å². The number of nitrogens with two attached hydrogens (primary N) is 1. The molecular weight excluding hydrogens is 218 g/mol. The number of rotatable bonds is 8. The van der Waals surface area contributed by atoms with Crippen LogP contribution in [-0.2, 0) is 9.47 Å². The van der Waals surface area contributed by atoms with E-state index in [1.807, 2.05) is 31.2 Å². The fraction of sp³-hybridized carbons (Fsp3) is 0.538. The average Bonchev–Trinajstić information content (AvgIpc) is 2.34. The van der Waals surface area contributed by atoms with E-state index in [0.29, 0.717) is 26.4 Å². The molecule has 1 aromatic carbocycles. The van der Waals surface area contributed by atoms with Gasteiger partial charge in [-0.15, -0.1) is 0 Å². The van der Waals surface area contributed by atoms with Crippen LogP contribution in [0.4, 0.5) is 0 Å². The lowest BCUT2D eigenvalue weighted by Gasteiger charge is -2.13. The molecule has 2 N–H and O–H groups in total. The van der Waals surface area contributed by atoms with Crippen LogP contribution < -0.4 is 10.5 Å². The van der Waals surface area contributed by atoms with E-state index in [1.165, 1.54) is 0 Å². The van der Waals surface area contributed by atoms with Gasteiger partial charge in [-0.2, -0.15) is 0 Å². The highest BCUT2D eigenvalue weighted by Crippen LogP contribution is 2.22. The number of para-hydroxylation sites is 1. The van der Waals surface area contributed by atoms with Crippen molar-refractivity contribution in [3.8, 4) is 5.75 Å². The Morgan fingerprint density at radius 1 is 1.12 bits per heavy atom. The molecule has 0 saturated carbocycles. The van der Waals surface area contributed by atoms with Crippen LogP contribution in [0, 0.1) is 0 Å². The van der Waals surface area contributed by atoms with E-state index in [1.54, 1.807) is 7.11 Å². The quantitative estimate of drug-likeness (QED) is 0.702. The van der Waals surface area contributed by atoms with Gasteiger partial charge >= 0.3 is 0 Å². The average molecular weight is 239 g/mol. The van der Waals surface area contributed by atoms with E-state index >= 15 is 0 Å². The predicted octanol–water partition coefficient (Wildman–Crippen LogP) is 1.75. The third kappa shape index (κ3) is 5.17. The molecule has 96 valence electrons. The van der Waals surface area contributed by atoms with E-state index in [2.05, 4.69) is 0 Å². The fourth-order valence-electron chi connectivity index (χ4n) is 1.44. The van der Waals surface area contributed by atoms with Crippen molar-refractivity contribution in [1.29, 1.82) is 0 Å². The highest BCUT2D eigenvalue weighted by molar-refractivity contribution is 5.35. The molecule has 0 aliphatic heterocycles. The molecule has 0 bridgehead atoms. The summed E-state index contributed by atoms with van der Waals surface area (Å²) in [6.45, 7) is 4.21. The van der Waals surface area contributed by atoms with Crippen molar-refractivity contribution in [3.05, 3.63) is 29.8 Å². The molecule has 0 heterocycles. The van der Waals surface area contributed by atoms with Crippen molar-refractivity contribution in [2.75, 3.05) is 33.5 Å². The zero-order valence-corrected chi connectivity index (χ0v) is 10.5.